The summed E-state index contributed by atoms with van der Waals surface area (Å²) in [6, 6.07) is 61.1. The third-order valence-electron chi connectivity index (χ3n) is 12.3. The second-order valence-corrected chi connectivity index (χ2v) is 16.6. The molecule has 0 saturated heterocycles. The lowest BCUT2D eigenvalue weighted by molar-refractivity contribution is 0.352. The van der Waals surface area contributed by atoms with Crippen LogP contribution in [0.5, 0.6) is 0 Å². The summed E-state index contributed by atoms with van der Waals surface area (Å²) < 4.78 is 2.55. The number of hydrogen-bond acceptors (Lipinski definition) is 4. The quantitative estimate of drug-likeness (QED) is 0.176. The molecule has 7 aromatic carbocycles. The average molecular weight is 748 g/mol. The standard InChI is InChI=1S/C53H37N3S/c54-33-37-19-14-23-42-40-26-25-36(30-45(40)53(51(37)42)27-12-3-13-28-53)44-29-38(31-49-50(44)43-22-10-11-24-48(43)57-49)39-20-8-9-21-41(39)47-32-46(34-15-4-1-5-16-34)55-52(56-47)35-17-6-2-7-18-35/h1-2,4-11,14-26,29-32H,3,12-13,27-28H2. The number of aromatic nitrogens is 2. The maximum absolute atomic E-state index is 10.4. The largest absolute Gasteiger partial charge is 0.228 e. The third-order valence-corrected chi connectivity index (χ3v) is 13.4. The van der Waals surface area contributed by atoms with Crippen molar-refractivity contribution in [1.29, 1.82) is 5.26 Å². The Hall–Kier alpha value is -6.67. The highest BCUT2D eigenvalue weighted by molar-refractivity contribution is 7.26. The SMILES string of the molecule is N#Cc1cccc2c1C1(CCCCC1)c1cc(-c3cc(-c4ccccc4-c4cc(-c5ccccc5)nc(-c5ccccc5)n4)cc4sc5ccccc5c34)ccc1-2. The van der Waals surface area contributed by atoms with E-state index in [2.05, 4.69) is 140 Å². The zero-order valence-corrected chi connectivity index (χ0v) is 32.2. The molecule has 2 aliphatic rings. The van der Waals surface area contributed by atoms with Crippen molar-refractivity contribution in [2.45, 2.75) is 37.5 Å². The number of rotatable bonds is 5. The summed E-state index contributed by atoms with van der Waals surface area (Å²) in [5.41, 5.74) is 15.5. The zero-order chi connectivity index (χ0) is 37.9. The lowest BCUT2D eigenvalue weighted by Crippen LogP contribution is -2.29. The molecule has 2 aliphatic carbocycles. The molecule has 1 spiro atoms. The van der Waals surface area contributed by atoms with Crippen LogP contribution in [0.25, 0.3) is 87.5 Å². The Kier molecular flexibility index (Phi) is 7.98. The van der Waals surface area contributed by atoms with E-state index >= 15 is 0 Å². The van der Waals surface area contributed by atoms with Gasteiger partial charge in [-0.2, -0.15) is 5.26 Å². The van der Waals surface area contributed by atoms with E-state index in [-0.39, 0.29) is 5.41 Å². The second kappa shape index (κ2) is 13.5. The highest BCUT2D eigenvalue weighted by Crippen LogP contribution is 2.58. The van der Waals surface area contributed by atoms with E-state index in [1.54, 1.807) is 0 Å². The van der Waals surface area contributed by atoms with Crippen LogP contribution in [0.2, 0.25) is 0 Å². The van der Waals surface area contributed by atoms with Crippen LogP contribution < -0.4 is 0 Å². The van der Waals surface area contributed by atoms with Crippen LogP contribution in [0.4, 0.5) is 0 Å². The summed E-state index contributed by atoms with van der Waals surface area (Å²) in [4.78, 5) is 10.3. The molecule has 1 fully saturated rings. The van der Waals surface area contributed by atoms with Gasteiger partial charge in [0.05, 0.1) is 23.0 Å². The minimum absolute atomic E-state index is 0.134. The van der Waals surface area contributed by atoms with Crippen molar-refractivity contribution in [3.63, 3.8) is 0 Å². The Morgan fingerprint density at radius 2 is 1.19 bits per heavy atom. The van der Waals surface area contributed by atoms with Crippen LogP contribution in [0.3, 0.4) is 0 Å². The number of thiophene rings is 1. The van der Waals surface area contributed by atoms with E-state index in [9.17, 15) is 5.26 Å². The molecule has 0 amide bonds. The minimum Gasteiger partial charge on any atom is -0.228 e. The Balaban J connectivity index is 1.13. The number of nitriles is 1. The molecular weight excluding hydrogens is 711 g/mol. The van der Waals surface area contributed by atoms with Crippen LogP contribution >= 0.6 is 11.3 Å². The van der Waals surface area contributed by atoms with Crippen LogP contribution in [0.15, 0.2) is 164 Å². The fraction of sp³-hybridized carbons (Fsp3) is 0.113. The first-order valence-electron chi connectivity index (χ1n) is 19.9. The van der Waals surface area contributed by atoms with E-state index in [0.29, 0.717) is 5.82 Å². The lowest BCUT2D eigenvalue weighted by Gasteiger charge is -2.36. The van der Waals surface area contributed by atoms with Gasteiger partial charge < -0.3 is 0 Å². The fourth-order valence-corrected chi connectivity index (χ4v) is 11.0. The summed E-state index contributed by atoms with van der Waals surface area (Å²) in [5, 5.41) is 12.9. The maximum Gasteiger partial charge on any atom is 0.160 e. The van der Waals surface area contributed by atoms with Gasteiger partial charge in [-0.3, -0.25) is 0 Å². The molecule has 2 heterocycles. The molecule has 3 nitrogen and oxygen atoms in total. The predicted molar refractivity (Wildman–Crippen MR) is 236 cm³/mol. The van der Waals surface area contributed by atoms with Crippen molar-refractivity contribution >= 4 is 31.5 Å². The Morgan fingerprint density at radius 1 is 0.491 bits per heavy atom. The smallest absolute Gasteiger partial charge is 0.160 e. The summed E-state index contributed by atoms with van der Waals surface area (Å²) in [6.07, 6.45) is 5.75. The molecule has 1 saturated carbocycles. The van der Waals surface area contributed by atoms with Crippen LogP contribution in [0, 0.1) is 11.3 Å². The summed E-state index contributed by atoms with van der Waals surface area (Å²) in [6.45, 7) is 0. The Bertz CT molecular complexity index is 3000. The van der Waals surface area contributed by atoms with Gasteiger partial charge in [-0.15, -0.1) is 11.3 Å². The molecule has 9 aromatic rings. The number of benzene rings is 7. The monoisotopic (exact) mass is 747 g/mol. The van der Waals surface area contributed by atoms with Gasteiger partial charge in [0.2, 0.25) is 0 Å². The molecule has 0 radical (unpaired) electrons. The minimum atomic E-state index is -0.134. The van der Waals surface area contributed by atoms with Crippen LogP contribution in [-0.4, -0.2) is 9.97 Å². The molecule has 0 bridgehead atoms. The number of fused-ring (bicyclic) bond motifs is 8. The van der Waals surface area contributed by atoms with Crippen molar-refractivity contribution in [3.8, 4) is 73.4 Å². The maximum atomic E-state index is 10.4. The van der Waals surface area contributed by atoms with Crippen molar-refractivity contribution < 1.29 is 0 Å². The molecule has 0 N–H and O–H groups in total. The van der Waals surface area contributed by atoms with Crippen molar-refractivity contribution in [3.05, 3.63) is 180 Å². The van der Waals surface area contributed by atoms with Crippen LogP contribution in [0.1, 0.15) is 48.8 Å². The highest BCUT2D eigenvalue weighted by Gasteiger charge is 2.45. The zero-order valence-electron chi connectivity index (χ0n) is 31.4. The second-order valence-electron chi connectivity index (χ2n) is 15.5. The average Bonchev–Trinajstić information content (AvgIpc) is 3.79. The molecular formula is C53H37N3S. The van der Waals surface area contributed by atoms with E-state index in [1.807, 2.05) is 41.7 Å². The molecule has 0 aliphatic heterocycles. The van der Waals surface area contributed by atoms with Crippen molar-refractivity contribution in [2.24, 2.45) is 0 Å². The molecule has 270 valence electrons. The predicted octanol–water partition coefficient (Wildman–Crippen LogP) is 14.3. The number of hydrogen-bond donors (Lipinski definition) is 0. The van der Waals surface area contributed by atoms with E-state index in [4.69, 9.17) is 9.97 Å². The normalized spacial score (nSPS) is 14.1. The summed E-state index contributed by atoms with van der Waals surface area (Å²) in [5.74, 6) is 0.706. The van der Waals surface area contributed by atoms with Gasteiger partial charge in [0.15, 0.2) is 5.82 Å². The molecule has 2 aromatic heterocycles. The first kappa shape index (κ1) is 33.6. The van der Waals surface area contributed by atoms with Gasteiger partial charge in [0.25, 0.3) is 0 Å². The van der Waals surface area contributed by atoms with Gasteiger partial charge in [-0.1, -0.05) is 147 Å². The Morgan fingerprint density at radius 3 is 2.00 bits per heavy atom. The Labute approximate surface area is 336 Å². The van der Waals surface area contributed by atoms with Gasteiger partial charge in [0, 0.05) is 42.3 Å². The molecule has 0 atom stereocenters. The van der Waals surface area contributed by atoms with Gasteiger partial charge >= 0.3 is 0 Å². The number of nitrogens with zero attached hydrogens (tertiary/aromatic N) is 3. The first-order chi connectivity index (χ1) is 28.2. The van der Waals surface area contributed by atoms with Crippen molar-refractivity contribution in [2.75, 3.05) is 0 Å². The summed E-state index contributed by atoms with van der Waals surface area (Å²) >= 11 is 1.86. The van der Waals surface area contributed by atoms with Gasteiger partial charge in [0.1, 0.15) is 0 Å². The van der Waals surface area contributed by atoms with Gasteiger partial charge in [-0.25, -0.2) is 9.97 Å². The molecule has 11 rings (SSSR count). The lowest BCUT2D eigenvalue weighted by atomic mass is 9.66. The van der Waals surface area contributed by atoms with E-state index in [1.165, 1.54) is 72.8 Å². The molecule has 57 heavy (non-hydrogen) atoms. The van der Waals surface area contributed by atoms with E-state index in [0.717, 1.165) is 57.6 Å². The molecule has 4 heteroatoms. The van der Waals surface area contributed by atoms with Crippen molar-refractivity contribution in [1.82, 2.24) is 9.97 Å². The third kappa shape index (κ3) is 5.45. The first-order valence-corrected chi connectivity index (χ1v) is 20.7. The van der Waals surface area contributed by atoms with Crippen LogP contribution in [-0.2, 0) is 5.41 Å². The topological polar surface area (TPSA) is 49.6 Å². The fourth-order valence-electron chi connectivity index (χ4n) is 9.79. The summed E-state index contributed by atoms with van der Waals surface area (Å²) in [7, 11) is 0. The van der Waals surface area contributed by atoms with E-state index < -0.39 is 0 Å². The van der Waals surface area contributed by atoms with Gasteiger partial charge in [-0.05, 0) is 93.7 Å². The molecule has 0 unspecified atom stereocenters. The highest BCUT2D eigenvalue weighted by atomic mass is 32.1.